The predicted molar refractivity (Wildman–Crippen MR) is 101 cm³/mol. The number of hydrogen-bond donors (Lipinski definition) is 0. The molecule has 0 atom stereocenters. The molecule has 0 saturated heterocycles. The molecule has 0 saturated carbocycles. The Bertz CT molecular complexity index is 787. The quantitative estimate of drug-likeness (QED) is 0.660. The van der Waals surface area contributed by atoms with Gasteiger partial charge in [0, 0.05) is 11.9 Å². The van der Waals surface area contributed by atoms with Crippen LogP contribution in [0, 0.1) is 11.3 Å². The summed E-state index contributed by atoms with van der Waals surface area (Å²) in [4.78, 5) is 5.47. The van der Waals surface area contributed by atoms with Gasteiger partial charge in [0.25, 0.3) is 0 Å². The maximum atomic E-state index is 8.95. The first-order chi connectivity index (χ1) is 11.2. The SMILES string of the molecule is C=C(C/C=C\C(/C=C/c1cccs1)=NC)c1cccc(C#N)c1. The van der Waals surface area contributed by atoms with Crippen LogP contribution >= 0.6 is 11.3 Å². The highest BCUT2D eigenvalue weighted by molar-refractivity contribution is 7.10. The Morgan fingerprint density at radius 1 is 1.30 bits per heavy atom. The summed E-state index contributed by atoms with van der Waals surface area (Å²) in [5.74, 6) is 0. The summed E-state index contributed by atoms with van der Waals surface area (Å²) in [6, 6.07) is 13.8. The Kier molecular flexibility index (Phi) is 6.28. The Balaban J connectivity index is 1.96. The first kappa shape index (κ1) is 16.7. The second kappa shape index (κ2) is 8.67. The van der Waals surface area contributed by atoms with Gasteiger partial charge in [-0.3, -0.25) is 4.99 Å². The van der Waals surface area contributed by atoms with Crippen molar-refractivity contribution in [2.75, 3.05) is 7.05 Å². The second-order valence-corrected chi connectivity index (χ2v) is 5.88. The van der Waals surface area contributed by atoms with Gasteiger partial charge in [-0.1, -0.05) is 30.9 Å². The minimum Gasteiger partial charge on any atom is -0.289 e. The Morgan fingerprint density at radius 3 is 2.87 bits per heavy atom. The normalized spacial score (nSPS) is 11.9. The number of nitriles is 1. The smallest absolute Gasteiger partial charge is 0.0991 e. The minimum atomic E-state index is 0.655. The van der Waals surface area contributed by atoms with Crippen molar-refractivity contribution in [1.29, 1.82) is 5.26 Å². The Hall–Kier alpha value is -2.70. The van der Waals surface area contributed by atoms with Gasteiger partial charge in [-0.05, 0) is 59.4 Å². The van der Waals surface area contributed by atoms with Crippen LogP contribution in [0.1, 0.15) is 22.4 Å². The third-order valence-corrected chi connectivity index (χ3v) is 4.11. The van der Waals surface area contributed by atoms with Crippen LogP contribution in [0.3, 0.4) is 0 Å². The van der Waals surface area contributed by atoms with Gasteiger partial charge in [-0.15, -0.1) is 11.3 Å². The molecule has 2 aromatic rings. The molecule has 114 valence electrons. The van der Waals surface area contributed by atoms with Crippen LogP contribution in [0.5, 0.6) is 0 Å². The van der Waals surface area contributed by atoms with Gasteiger partial charge in [-0.2, -0.15) is 5.26 Å². The molecular weight excluding hydrogens is 300 g/mol. The summed E-state index contributed by atoms with van der Waals surface area (Å²) in [5.41, 5.74) is 3.55. The number of rotatable bonds is 6. The zero-order valence-electron chi connectivity index (χ0n) is 13.1. The maximum Gasteiger partial charge on any atom is 0.0991 e. The molecule has 0 aliphatic rings. The van der Waals surface area contributed by atoms with E-state index in [4.69, 9.17) is 5.26 Å². The highest BCUT2D eigenvalue weighted by atomic mass is 32.1. The second-order valence-electron chi connectivity index (χ2n) is 4.90. The molecule has 0 unspecified atom stereocenters. The molecule has 2 rings (SSSR count). The minimum absolute atomic E-state index is 0.655. The molecule has 23 heavy (non-hydrogen) atoms. The fourth-order valence-corrected chi connectivity index (χ4v) is 2.62. The van der Waals surface area contributed by atoms with Gasteiger partial charge >= 0.3 is 0 Å². The zero-order valence-corrected chi connectivity index (χ0v) is 13.9. The average molecular weight is 318 g/mol. The molecular formula is C20H18N2S. The van der Waals surface area contributed by atoms with E-state index in [-0.39, 0.29) is 0 Å². The summed E-state index contributed by atoms with van der Waals surface area (Å²) >= 11 is 1.70. The summed E-state index contributed by atoms with van der Waals surface area (Å²) in [6.07, 6.45) is 8.82. The monoisotopic (exact) mass is 318 g/mol. The van der Waals surface area contributed by atoms with Crippen LogP contribution < -0.4 is 0 Å². The Morgan fingerprint density at radius 2 is 2.17 bits per heavy atom. The fourth-order valence-electron chi connectivity index (χ4n) is 2.01. The third-order valence-electron chi connectivity index (χ3n) is 3.27. The van der Waals surface area contributed by atoms with E-state index in [9.17, 15) is 0 Å². The molecule has 0 aliphatic heterocycles. The summed E-state index contributed by atoms with van der Waals surface area (Å²) in [6.45, 7) is 4.09. The van der Waals surface area contributed by atoms with Crippen molar-refractivity contribution in [3.05, 3.63) is 82.6 Å². The molecule has 0 radical (unpaired) electrons. The van der Waals surface area contributed by atoms with Crippen molar-refractivity contribution in [3.63, 3.8) is 0 Å². The van der Waals surface area contributed by atoms with E-state index < -0.39 is 0 Å². The van der Waals surface area contributed by atoms with Crippen LogP contribution in [0.4, 0.5) is 0 Å². The molecule has 0 N–H and O–H groups in total. The summed E-state index contributed by atoms with van der Waals surface area (Å²) in [5, 5.41) is 11.0. The van der Waals surface area contributed by atoms with E-state index >= 15 is 0 Å². The first-order valence-corrected chi connectivity index (χ1v) is 8.14. The van der Waals surface area contributed by atoms with Crippen LogP contribution in [0.25, 0.3) is 11.6 Å². The molecule has 0 fully saturated rings. The topological polar surface area (TPSA) is 36.1 Å². The largest absolute Gasteiger partial charge is 0.289 e. The lowest BCUT2D eigenvalue weighted by molar-refractivity contribution is 1.38. The van der Waals surface area contributed by atoms with E-state index in [0.29, 0.717) is 5.56 Å². The van der Waals surface area contributed by atoms with Crippen molar-refractivity contribution in [3.8, 4) is 6.07 Å². The van der Waals surface area contributed by atoms with Crippen LogP contribution in [-0.2, 0) is 0 Å². The van der Waals surface area contributed by atoms with Gasteiger partial charge in [0.15, 0.2) is 0 Å². The predicted octanol–water partition coefficient (Wildman–Crippen LogP) is 5.36. The summed E-state index contributed by atoms with van der Waals surface area (Å²) < 4.78 is 0. The number of hydrogen-bond acceptors (Lipinski definition) is 3. The van der Waals surface area contributed by atoms with E-state index in [1.54, 1.807) is 24.5 Å². The molecule has 0 amide bonds. The molecule has 2 nitrogen and oxygen atoms in total. The highest BCUT2D eigenvalue weighted by Crippen LogP contribution is 2.18. The molecule has 1 heterocycles. The van der Waals surface area contributed by atoms with E-state index in [0.717, 1.165) is 23.3 Å². The summed E-state index contributed by atoms with van der Waals surface area (Å²) in [7, 11) is 1.78. The molecule has 1 aromatic heterocycles. The van der Waals surface area contributed by atoms with Crippen LogP contribution in [0.15, 0.2) is 71.6 Å². The van der Waals surface area contributed by atoms with Gasteiger partial charge in [0.1, 0.15) is 0 Å². The van der Waals surface area contributed by atoms with Crippen molar-refractivity contribution in [2.24, 2.45) is 4.99 Å². The van der Waals surface area contributed by atoms with Gasteiger partial charge in [0.2, 0.25) is 0 Å². The number of aliphatic imine (C=N–C) groups is 1. The maximum absolute atomic E-state index is 8.95. The van der Waals surface area contributed by atoms with Crippen molar-refractivity contribution in [1.82, 2.24) is 0 Å². The van der Waals surface area contributed by atoms with E-state index in [1.807, 2.05) is 42.5 Å². The molecule has 0 bridgehead atoms. The fraction of sp³-hybridized carbons (Fsp3) is 0.100. The number of benzene rings is 1. The van der Waals surface area contributed by atoms with Crippen molar-refractivity contribution >= 4 is 28.7 Å². The zero-order chi connectivity index (χ0) is 16.5. The number of allylic oxidation sites excluding steroid dienone is 4. The number of thiophene rings is 1. The standard InChI is InChI=1S/C20H18N2S/c1-16(18-8-4-7-17(14-18)15-21)6-3-9-19(22-2)11-12-20-10-5-13-23-20/h3-5,7-14H,1,6H2,2H3/b9-3-,12-11+,22-19?. The number of nitrogens with zero attached hydrogens (tertiary/aromatic N) is 2. The first-order valence-electron chi connectivity index (χ1n) is 7.26. The van der Waals surface area contributed by atoms with Gasteiger partial charge < -0.3 is 0 Å². The lowest BCUT2D eigenvalue weighted by Crippen LogP contribution is -1.87. The Labute approximate surface area is 141 Å². The third kappa shape index (κ3) is 5.21. The molecule has 3 heteroatoms. The average Bonchev–Trinajstić information content (AvgIpc) is 3.11. The van der Waals surface area contributed by atoms with Gasteiger partial charge in [-0.25, -0.2) is 0 Å². The van der Waals surface area contributed by atoms with Crippen molar-refractivity contribution in [2.45, 2.75) is 6.42 Å². The van der Waals surface area contributed by atoms with Gasteiger partial charge in [0.05, 0.1) is 17.3 Å². The van der Waals surface area contributed by atoms with Crippen LogP contribution in [-0.4, -0.2) is 12.8 Å². The van der Waals surface area contributed by atoms with E-state index in [2.05, 4.69) is 35.2 Å². The lowest BCUT2D eigenvalue weighted by atomic mass is 10.0. The van der Waals surface area contributed by atoms with Crippen molar-refractivity contribution < 1.29 is 0 Å². The lowest BCUT2D eigenvalue weighted by Gasteiger charge is -2.03. The molecule has 0 aliphatic carbocycles. The highest BCUT2D eigenvalue weighted by Gasteiger charge is 1.98. The molecule has 0 spiro atoms. The van der Waals surface area contributed by atoms with Crippen LogP contribution in [0.2, 0.25) is 0 Å². The van der Waals surface area contributed by atoms with E-state index in [1.165, 1.54) is 4.88 Å². The molecule has 1 aromatic carbocycles.